The van der Waals surface area contributed by atoms with Crippen molar-refractivity contribution in [2.24, 2.45) is 0 Å². The topological polar surface area (TPSA) is 111 Å². The van der Waals surface area contributed by atoms with Crippen molar-refractivity contribution in [2.45, 2.75) is 40.3 Å². The van der Waals surface area contributed by atoms with E-state index in [1.807, 2.05) is 28.8 Å². The molecule has 0 saturated heterocycles. The minimum absolute atomic E-state index is 0.115. The van der Waals surface area contributed by atoms with Crippen molar-refractivity contribution in [1.82, 2.24) is 24.2 Å². The molecule has 10 nitrogen and oxygen atoms in total. The number of hydrogen-bond acceptors (Lipinski definition) is 6. The zero-order chi connectivity index (χ0) is 23.4. The Morgan fingerprint density at radius 1 is 1.28 bits per heavy atom. The Balaban J connectivity index is 1.85. The second-order valence-corrected chi connectivity index (χ2v) is 7.19. The molecule has 172 valence electrons. The highest BCUT2D eigenvalue weighted by atomic mass is 19.3. The minimum Gasteiger partial charge on any atom is -0.309 e. The number of carbonyl (C=O) groups excluding carboxylic acids is 1. The Kier molecular flexibility index (Phi) is 7.13. The number of nitrogens with zero attached hydrogens (tertiary/aromatic N) is 6. The molecule has 0 radical (unpaired) electrons. The van der Waals surface area contributed by atoms with Crippen LogP contribution < -0.4 is 5.32 Å². The third-order valence-electron chi connectivity index (χ3n) is 5.32. The van der Waals surface area contributed by atoms with Gasteiger partial charge in [0.2, 0.25) is 17.5 Å². The second-order valence-electron chi connectivity index (χ2n) is 7.19. The van der Waals surface area contributed by atoms with E-state index >= 15 is 0 Å². The van der Waals surface area contributed by atoms with Gasteiger partial charge in [0.25, 0.3) is 6.43 Å². The van der Waals surface area contributed by atoms with Crippen molar-refractivity contribution < 1.29 is 18.5 Å². The van der Waals surface area contributed by atoms with E-state index < -0.39 is 35.2 Å². The maximum Gasteiger partial charge on any atom is 0.319 e. The fraction of sp³-hybridized carbons (Fsp3) is 0.450. The highest BCUT2D eigenvalue weighted by molar-refractivity contribution is 5.91. The summed E-state index contributed by atoms with van der Waals surface area (Å²) >= 11 is 0. The summed E-state index contributed by atoms with van der Waals surface area (Å²) in [6, 6.07) is 7.44. The number of anilines is 1. The van der Waals surface area contributed by atoms with Gasteiger partial charge in [0.1, 0.15) is 12.2 Å². The Labute approximate surface area is 183 Å². The van der Waals surface area contributed by atoms with Crippen molar-refractivity contribution in [2.75, 3.05) is 25.0 Å². The lowest BCUT2D eigenvalue weighted by atomic mass is 10.3. The van der Waals surface area contributed by atoms with E-state index in [1.165, 1.54) is 6.92 Å². The van der Waals surface area contributed by atoms with Crippen LogP contribution in [0, 0.1) is 17.0 Å². The number of nitrogens with one attached hydrogen (secondary N) is 1. The fourth-order valence-electron chi connectivity index (χ4n) is 3.57. The lowest BCUT2D eigenvalue weighted by Crippen LogP contribution is -2.28. The lowest BCUT2D eigenvalue weighted by Gasteiger charge is -2.19. The second kappa shape index (κ2) is 9.81. The Bertz CT molecular complexity index is 1120. The number of likely N-dealkylation sites (N-methyl/N-ethyl adjacent to an activating group) is 1. The van der Waals surface area contributed by atoms with Crippen LogP contribution in [0.1, 0.15) is 31.7 Å². The van der Waals surface area contributed by atoms with Crippen LogP contribution in [-0.2, 0) is 17.9 Å². The summed E-state index contributed by atoms with van der Waals surface area (Å²) in [5, 5.41) is 17.4. The molecule has 0 atom stereocenters. The maximum atomic E-state index is 13.1. The van der Waals surface area contributed by atoms with Gasteiger partial charge < -0.3 is 9.47 Å². The largest absolute Gasteiger partial charge is 0.319 e. The highest BCUT2D eigenvalue weighted by Gasteiger charge is 2.31. The summed E-state index contributed by atoms with van der Waals surface area (Å²) in [6.45, 7) is 8.05. The van der Waals surface area contributed by atoms with Gasteiger partial charge in [-0.2, -0.15) is 5.10 Å². The quantitative estimate of drug-likeness (QED) is 0.375. The van der Waals surface area contributed by atoms with Gasteiger partial charge in [0, 0.05) is 13.1 Å². The summed E-state index contributed by atoms with van der Waals surface area (Å²) in [6.07, 6.45) is -3.12. The van der Waals surface area contributed by atoms with E-state index in [0.717, 1.165) is 29.8 Å². The molecule has 3 rings (SSSR count). The van der Waals surface area contributed by atoms with Gasteiger partial charge in [-0.3, -0.25) is 24.9 Å². The summed E-state index contributed by atoms with van der Waals surface area (Å²) in [7, 11) is 0. The van der Waals surface area contributed by atoms with Gasteiger partial charge in [-0.25, -0.2) is 13.8 Å². The smallest absolute Gasteiger partial charge is 0.309 e. The number of aromatic nitrogens is 4. The third-order valence-corrected chi connectivity index (χ3v) is 5.32. The molecule has 0 aliphatic rings. The number of rotatable bonds is 10. The Hall–Kier alpha value is -3.41. The van der Waals surface area contributed by atoms with E-state index in [-0.39, 0.29) is 5.69 Å². The molecule has 0 unspecified atom stereocenters. The molecule has 3 aromatic rings. The number of amides is 1. The third kappa shape index (κ3) is 4.74. The molecular formula is C20H25F2N7O3. The first-order valence-electron chi connectivity index (χ1n) is 10.2. The molecule has 0 aliphatic carbocycles. The number of imidazole rings is 1. The average molecular weight is 449 g/mol. The van der Waals surface area contributed by atoms with E-state index in [4.69, 9.17) is 0 Å². The van der Waals surface area contributed by atoms with Gasteiger partial charge in [0.05, 0.1) is 16.0 Å². The first-order valence-corrected chi connectivity index (χ1v) is 10.2. The number of halogens is 2. The highest BCUT2D eigenvalue weighted by Crippen LogP contribution is 2.30. The molecule has 0 saturated carbocycles. The normalized spacial score (nSPS) is 11.6. The molecular weight excluding hydrogens is 424 g/mol. The maximum absolute atomic E-state index is 13.1. The number of hydrogen-bond donors (Lipinski definition) is 1. The predicted octanol–water partition coefficient (Wildman–Crippen LogP) is 3.37. The van der Waals surface area contributed by atoms with Gasteiger partial charge >= 0.3 is 5.69 Å². The first kappa shape index (κ1) is 23.3. The van der Waals surface area contributed by atoms with Crippen LogP contribution >= 0.6 is 0 Å². The van der Waals surface area contributed by atoms with Gasteiger partial charge in [0.15, 0.2) is 0 Å². The molecule has 0 fully saturated rings. The van der Waals surface area contributed by atoms with Crippen LogP contribution in [0.3, 0.4) is 0 Å². The van der Waals surface area contributed by atoms with E-state index in [0.29, 0.717) is 18.0 Å². The van der Waals surface area contributed by atoms with Crippen LogP contribution in [0.4, 0.5) is 20.4 Å². The van der Waals surface area contributed by atoms with Crippen molar-refractivity contribution in [1.29, 1.82) is 0 Å². The molecule has 1 amide bonds. The first-order chi connectivity index (χ1) is 15.3. The lowest BCUT2D eigenvalue weighted by molar-refractivity contribution is -0.386. The number of para-hydroxylation sites is 2. The Morgan fingerprint density at radius 2 is 1.97 bits per heavy atom. The zero-order valence-corrected chi connectivity index (χ0v) is 18.1. The van der Waals surface area contributed by atoms with Gasteiger partial charge in [-0.1, -0.05) is 26.0 Å². The molecule has 12 heteroatoms. The number of benzene rings is 1. The predicted molar refractivity (Wildman–Crippen MR) is 115 cm³/mol. The van der Waals surface area contributed by atoms with Crippen LogP contribution in [0.25, 0.3) is 11.0 Å². The monoisotopic (exact) mass is 449 g/mol. The molecule has 0 bridgehead atoms. The molecule has 0 aliphatic heterocycles. The van der Waals surface area contributed by atoms with E-state index in [9.17, 15) is 23.7 Å². The van der Waals surface area contributed by atoms with Crippen LogP contribution in [0.5, 0.6) is 0 Å². The van der Waals surface area contributed by atoms with E-state index in [2.05, 4.69) is 34.1 Å². The number of nitro groups is 1. The van der Waals surface area contributed by atoms with Crippen molar-refractivity contribution in [3.63, 3.8) is 0 Å². The van der Waals surface area contributed by atoms with Gasteiger partial charge in [-0.15, -0.1) is 0 Å². The summed E-state index contributed by atoms with van der Waals surface area (Å²) in [5.74, 6) is -0.262. The molecule has 2 heterocycles. The summed E-state index contributed by atoms with van der Waals surface area (Å²) < 4.78 is 29.1. The van der Waals surface area contributed by atoms with Crippen molar-refractivity contribution >= 4 is 28.6 Å². The van der Waals surface area contributed by atoms with Crippen molar-refractivity contribution in [3.8, 4) is 0 Å². The standard InChI is InChI=1S/C20H25F2N7O3/c1-4-26(5-2)10-11-27-15-9-7-6-8-14(15)23-20(27)24-16(30)12-28-13(3)18(29(31)32)17(25-28)19(21)22/h6-9,19H,4-5,10-12H2,1-3H3,(H,23,24,30). The molecule has 1 N–H and O–H groups in total. The van der Waals surface area contributed by atoms with Crippen LogP contribution in [0.15, 0.2) is 24.3 Å². The van der Waals surface area contributed by atoms with Gasteiger partial charge in [-0.05, 0) is 32.1 Å². The van der Waals surface area contributed by atoms with Crippen LogP contribution in [0.2, 0.25) is 0 Å². The average Bonchev–Trinajstić information content (AvgIpc) is 3.26. The van der Waals surface area contributed by atoms with Crippen LogP contribution in [-0.4, -0.2) is 54.7 Å². The van der Waals surface area contributed by atoms with Crippen molar-refractivity contribution in [3.05, 3.63) is 45.8 Å². The SMILES string of the molecule is CCN(CC)CCn1c(NC(=O)Cn2nc(C(F)F)c([N+](=O)[O-])c2C)nc2ccccc21. The number of alkyl halides is 2. The number of carbonyl (C=O) groups is 1. The molecule has 2 aromatic heterocycles. The summed E-state index contributed by atoms with van der Waals surface area (Å²) in [5.41, 5.74) is -0.296. The van der Waals surface area contributed by atoms with E-state index in [1.54, 1.807) is 0 Å². The fourth-order valence-corrected chi connectivity index (χ4v) is 3.57. The molecule has 32 heavy (non-hydrogen) atoms. The minimum atomic E-state index is -3.12. The molecule has 0 spiro atoms. The zero-order valence-electron chi connectivity index (χ0n) is 18.1. The molecule has 1 aromatic carbocycles. The summed E-state index contributed by atoms with van der Waals surface area (Å²) in [4.78, 5) is 29.6. The Morgan fingerprint density at radius 3 is 2.56 bits per heavy atom. The number of fused-ring (bicyclic) bond motifs is 1.